The standard InChI is InChI=1S/C13H15NO3/c1-8(15)17-10-5-4-9-7-13(2,3)12(16)14-11(9)6-10/h4-6H,7H2,1-3H3,(H,14,16). The Labute approximate surface area is 100.0 Å². The second-order valence-corrected chi connectivity index (χ2v) is 4.93. The van der Waals surface area contributed by atoms with Crippen LogP contribution in [0.15, 0.2) is 18.2 Å². The fraction of sp³-hybridized carbons (Fsp3) is 0.385. The topological polar surface area (TPSA) is 55.4 Å². The lowest BCUT2D eigenvalue weighted by Crippen LogP contribution is -2.37. The van der Waals surface area contributed by atoms with Crippen LogP contribution in [0.25, 0.3) is 0 Å². The number of carbonyl (C=O) groups excluding carboxylic acids is 2. The fourth-order valence-electron chi connectivity index (χ4n) is 1.90. The summed E-state index contributed by atoms with van der Waals surface area (Å²) in [6, 6.07) is 5.31. The Morgan fingerprint density at radius 2 is 2.12 bits per heavy atom. The summed E-state index contributed by atoms with van der Waals surface area (Å²) in [7, 11) is 0. The summed E-state index contributed by atoms with van der Waals surface area (Å²) in [6.07, 6.45) is 0.689. The van der Waals surface area contributed by atoms with Gasteiger partial charge in [0, 0.05) is 24.1 Å². The molecular weight excluding hydrogens is 218 g/mol. The van der Waals surface area contributed by atoms with Crippen molar-refractivity contribution in [2.24, 2.45) is 5.41 Å². The summed E-state index contributed by atoms with van der Waals surface area (Å²) < 4.78 is 4.98. The van der Waals surface area contributed by atoms with E-state index in [0.29, 0.717) is 12.2 Å². The van der Waals surface area contributed by atoms with Crippen molar-refractivity contribution in [1.82, 2.24) is 0 Å². The van der Waals surface area contributed by atoms with E-state index in [9.17, 15) is 9.59 Å². The highest BCUT2D eigenvalue weighted by molar-refractivity contribution is 5.98. The first-order valence-corrected chi connectivity index (χ1v) is 5.51. The van der Waals surface area contributed by atoms with Crippen LogP contribution in [0, 0.1) is 5.41 Å². The minimum Gasteiger partial charge on any atom is -0.427 e. The van der Waals surface area contributed by atoms with E-state index in [1.165, 1.54) is 6.92 Å². The zero-order valence-corrected chi connectivity index (χ0v) is 10.2. The molecule has 0 saturated heterocycles. The van der Waals surface area contributed by atoms with Gasteiger partial charge in [0.05, 0.1) is 0 Å². The van der Waals surface area contributed by atoms with Gasteiger partial charge in [0.25, 0.3) is 0 Å². The molecule has 4 nitrogen and oxygen atoms in total. The number of hydrogen-bond donors (Lipinski definition) is 1. The maximum Gasteiger partial charge on any atom is 0.308 e. The molecule has 0 bridgehead atoms. The second-order valence-electron chi connectivity index (χ2n) is 4.93. The molecule has 4 heteroatoms. The molecule has 0 radical (unpaired) electrons. The van der Waals surface area contributed by atoms with Gasteiger partial charge >= 0.3 is 5.97 Å². The zero-order valence-electron chi connectivity index (χ0n) is 10.2. The lowest BCUT2D eigenvalue weighted by molar-refractivity contribution is -0.131. The van der Waals surface area contributed by atoms with Crippen LogP contribution in [0.2, 0.25) is 0 Å². The molecule has 90 valence electrons. The van der Waals surface area contributed by atoms with Gasteiger partial charge in [0.15, 0.2) is 0 Å². The summed E-state index contributed by atoms with van der Waals surface area (Å²) in [4.78, 5) is 22.6. The molecule has 0 aromatic heterocycles. The molecule has 1 aromatic carbocycles. The molecule has 0 atom stereocenters. The van der Waals surface area contributed by atoms with Crippen molar-refractivity contribution in [2.45, 2.75) is 27.2 Å². The van der Waals surface area contributed by atoms with Gasteiger partial charge in [0.2, 0.25) is 5.91 Å². The van der Waals surface area contributed by atoms with E-state index in [-0.39, 0.29) is 11.9 Å². The number of benzene rings is 1. The summed E-state index contributed by atoms with van der Waals surface area (Å²) in [5.74, 6) is 0.0775. The van der Waals surface area contributed by atoms with Crippen molar-refractivity contribution in [3.05, 3.63) is 23.8 Å². The van der Waals surface area contributed by atoms with Crippen molar-refractivity contribution in [3.63, 3.8) is 0 Å². The normalized spacial score (nSPS) is 17.0. The maximum atomic E-state index is 11.8. The predicted molar refractivity (Wildman–Crippen MR) is 63.9 cm³/mol. The van der Waals surface area contributed by atoms with Crippen LogP contribution in [0.5, 0.6) is 5.75 Å². The molecule has 0 unspecified atom stereocenters. The van der Waals surface area contributed by atoms with E-state index in [2.05, 4.69) is 5.32 Å². The highest BCUT2D eigenvalue weighted by Gasteiger charge is 2.33. The lowest BCUT2D eigenvalue weighted by Gasteiger charge is -2.30. The monoisotopic (exact) mass is 233 g/mol. The van der Waals surface area contributed by atoms with E-state index < -0.39 is 5.41 Å². The van der Waals surface area contributed by atoms with Crippen LogP contribution in [-0.4, -0.2) is 11.9 Å². The van der Waals surface area contributed by atoms with Crippen molar-refractivity contribution in [1.29, 1.82) is 0 Å². The van der Waals surface area contributed by atoms with E-state index in [4.69, 9.17) is 4.74 Å². The zero-order chi connectivity index (χ0) is 12.6. The van der Waals surface area contributed by atoms with E-state index in [0.717, 1.165) is 11.3 Å². The molecular formula is C13H15NO3. The number of esters is 1. The molecule has 0 fully saturated rings. The average molecular weight is 233 g/mol. The Morgan fingerprint density at radius 3 is 2.76 bits per heavy atom. The molecule has 1 aromatic rings. The number of hydrogen-bond acceptors (Lipinski definition) is 3. The molecule has 1 amide bonds. The Kier molecular flexibility index (Phi) is 2.65. The first-order valence-electron chi connectivity index (χ1n) is 5.51. The molecule has 0 spiro atoms. The predicted octanol–water partition coefficient (Wildman–Crippen LogP) is 2.13. The third-order valence-electron chi connectivity index (χ3n) is 2.84. The third-order valence-corrected chi connectivity index (χ3v) is 2.84. The van der Waals surface area contributed by atoms with Crippen molar-refractivity contribution in [2.75, 3.05) is 5.32 Å². The second kappa shape index (κ2) is 3.87. The highest BCUT2D eigenvalue weighted by atomic mass is 16.5. The Bertz CT molecular complexity index is 491. The Hall–Kier alpha value is -1.84. The number of ether oxygens (including phenoxy) is 1. The van der Waals surface area contributed by atoms with Crippen molar-refractivity contribution < 1.29 is 14.3 Å². The van der Waals surface area contributed by atoms with Crippen LogP contribution in [0.4, 0.5) is 5.69 Å². The number of rotatable bonds is 1. The third kappa shape index (κ3) is 2.30. The van der Waals surface area contributed by atoms with Gasteiger partial charge in [-0.25, -0.2) is 0 Å². The number of anilines is 1. The quantitative estimate of drug-likeness (QED) is 0.597. The van der Waals surface area contributed by atoms with Gasteiger partial charge in [-0.1, -0.05) is 19.9 Å². The molecule has 1 heterocycles. The van der Waals surface area contributed by atoms with Crippen LogP contribution >= 0.6 is 0 Å². The van der Waals surface area contributed by atoms with E-state index >= 15 is 0 Å². The van der Waals surface area contributed by atoms with Crippen LogP contribution in [0.3, 0.4) is 0 Å². The molecule has 2 rings (SSSR count). The number of amides is 1. The van der Waals surface area contributed by atoms with Crippen molar-refractivity contribution >= 4 is 17.6 Å². The summed E-state index contributed by atoms with van der Waals surface area (Å²) in [5.41, 5.74) is 1.40. The average Bonchev–Trinajstić information content (AvgIpc) is 2.19. The molecule has 1 aliphatic heterocycles. The Balaban J connectivity index is 2.32. The number of fused-ring (bicyclic) bond motifs is 1. The summed E-state index contributed by atoms with van der Waals surface area (Å²) >= 11 is 0. The molecule has 1 aliphatic rings. The highest BCUT2D eigenvalue weighted by Crippen LogP contribution is 2.35. The van der Waals surface area contributed by atoms with Crippen LogP contribution in [0.1, 0.15) is 26.3 Å². The van der Waals surface area contributed by atoms with Crippen molar-refractivity contribution in [3.8, 4) is 5.75 Å². The largest absolute Gasteiger partial charge is 0.427 e. The SMILES string of the molecule is CC(=O)Oc1ccc2c(c1)NC(=O)C(C)(C)C2. The molecule has 1 N–H and O–H groups in total. The van der Waals surface area contributed by atoms with E-state index in [1.807, 2.05) is 19.9 Å². The summed E-state index contributed by atoms with van der Waals surface area (Å²) in [6.45, 7) is 5.16. The Morgan fingerprint density at radius 1 is 1.41 bits per heavy atom. The van der Waals surface area contributed by atoms with Gasteiger partial charge in [0.1, 0.15) is 5.75 Å². The van der Waals surface area contributed by atoms with E-state index in [1.54, 1.807) is 12.1 Å². The number of carbonyl (C=O) groups is 2. The minimum atomic E-state index is -0.393. The summed E-state index contributed by atoms with van der Waals surface area (Å²) in [5, 5.41) is 2.83. The van der Waals surface area contributed by atoms with Gasteiger partial charge in [-0.05, 0) is 18.1 Å². The molecule has 17 heavy (non-hydrogen) atoms. The van der Waals surface area contributed by atoms with Crippen LogP contribution in [-0.2, 0) is 16.0 Å². The number of nitrogens with one attached hydrogen (secondary N) is 1. The van der Waals surface area contributed by atoms with Gasteiger partial charge < -0.3 is 10.1 Å². The van der Waals surface area contributed by atoms with Gasteiger partial charge in [-0.15, -0.1) is 0 Å². The molecule has 0 saturated carbocycles. The first-order chi connectivity index (χ1) is 7.88. The minimum absolute atomic E-state index is 0.00928. The fourth-order valence-corrected chi connectivity index (χ4v) is 1.90. The molecule has 0 aliphatic carbocycles. The smallest absolute Gasteiger partial charge is 0.308 e. The maximum absolute atomic E-state index is 11.8. The van der Waals surface area contributed by atoms with Crippen LogP contribution < -0.4 is 10.1 Å². The lowest BCUT2D eigenvalue weighted by atomic mass is 9.81. The van der Waals surface area contributed by atoms with Gasteiger partial charge in [-0.3, -0.25) is 9.59 Å². The van der Waals surface area contributed by atoms with Gasteiger partial charge in [-0.2, -0.15) is 0 Å². The first kappa shape index (κ1) is 11.6.